The minimum Gasteiger partial charge on any atom is -0.493 e. The molecule has 1 atom stereocenters. The summed E-state index contributed by atoms with van der Waals surface area (Å²) in [6.07, 6.45) is 0.157. The number of carbonyl (C=O) groups is 1. The number of ether oxygens (including phenoxy) is 2. The fraction of sp³-hybridized carbons (Fsp3) is 0.292. The number of hydrogen-bond donors (Lipinski definition) is 2. The molecule has 166 valence electrons. The van der Waals surface area contributed by atoms with Crippen LogP contribution in [-0.4, -0.2) is 29.6 Å². The maximum atomic E-state index is 13.0. The lowest BCUT2D eigenvalue weighted by atomic mass is 9.86. The standard InChI is InChI=1S/C24H25N3O4S/c1-4-31-18-9-8-16(11-19(18)30-3)17-12-20(28)25-22-21(17)23(29)27-24(26-22)32-13-15-7-5-6-14(2)10-15/h5-11,17H,4,12-13H2,1-3H3,(H2,25,26,27,28,29)/t17-/m0/s1. The van der Waals surface area contributed by atoms with E-state index in [1.165, 1.54) is 17.3 Å². The molecule has 0 aliphatic carbocycles. The zero-order valence-corrected chi connectivity index (χ0v) is 19.0. The summed E-state index contributed by atoms with van der Waals surface area (Å²) in [6, 6.07) is 13.7. The minimum atomic E-state index is -0.421. The van der Waals surface area contributed by atoms with Crippen LogP contribution in [0.4, 0.5) is 5.82 Å². The SMILES string of the molecule is CCOc1ccc([C@@H]2CC(=O)Nc3nc(SCc4cccc(C)c4)[nH]c(=O)c32)cc1OC. The lowest BCUT2D eigenvalue weighted by Crippen LogP contribution is -2.31. The first-order valence-electron chi connectivity index (χ1n) is 10.4. The van der Waals surface area contributed by atoms with Gasteiger partial charge in [0, 0.05) is 18.1 Å². The van der Waals surface area contributed by atoms with Crippen LogP contribution in [0.3, 0.4) is 0 Å². The number of methoxy groups -OCH3 is 1. The lowest BCUT2D eigenvalue weighted by molar-refractivity contribution is -0.116. The number of fused-ring (bicyclic) bond motifs is 1. The van der Waals surface area contributed by atoms with Crippen LogP contribution in [0.15, 0.2) is 52.4 Å². The normalized spacial score (nSPS) is 15.1. The third kappa shape index (κ3) is 4.65. The van der Waals surface area contributed by atoms with Gasteiger partial charge >= 0.3 is 0 Å². The van der Waals surface area contributed by atoms with Crippen molar-refractivity contribution in [3.05, 3.63) is 75.1 Å². The number of rotatable bonds is 7. The predicted molar refractivity (Wildman–Crippen MR) is 125 cm³/mol. The van der Waals surface area contributed by atoms with E-state index in [-0.39, 0.29) is 17.9 Å². The molecule has 0 bridgehead atoms. The molecule has 2 aromatic carbocycles. The Labute approximate surface area is 190 Å². The molecule has 1 aliphatic rings. The number of aromatic amines is 1. The van der Waals surface area contributed by atoms with E-state index >= 15 is 0 Å². The van der Waals surface area contributed by atoms with Gasteiger partial charge in [-0.05, 0) is 37.1 Å². The number of aromatic nitrogens is 2. The van der Waals surface area contributed by atoms with Crippen LogP contribution in [0.1, 0.15) is 41.5 Å². The lowest BCUT2D eigenvalue weighted by Gasteiger charge is -2.25. The van der Waals surface area contributed by atoms with Crippen LogP contribution >= 0.6 is 11.8 Å². The number of nitrogens with one attached hydrogen (secondary N) is 2. The van der Waals surface area contributed by atoms with E-state index in [4.69, 9.17) is 9.47 Å². The topological polar surface area (TPSA) is 93.3 Å². The summed E-state index contributed by atoms with van der Waals surface area (Å²) in [5, 5.41) is 3.24. The second-order valence-electron chi connectivity index (χ2n) is 7.56. The smallest absolute Gasteiger partial charge is 0.257 e. The third-order valence-electron chi connectivity index (χ3n) is 5.28. The van der Waals surface area contributed by atoms with E-state index in [0.29, 0.717) is 40.4 Å². The molecule has 0 fully saturated rings. The van der Waals surface area contributed by atoms with Gasteiger partial charge in [0.2, 0.25) is 5.91 Å². The van der Waals surface area contributed by atoms with E-state index in [1.54, 1.807) is 13.2 Å². The molecule has 2 N–H and O–H groups in total. The minimum absolute atomic E-state index is 0.157. The van der Waals surface area contributed by atoms with Gasteiger partial charge in [0.1, 0.15) is 5.82 Å². The number of nitrogens with zero attached hydrogens (tertiary/aromatic N) is 1. The molecular weight excluding hydrogens is 426 g/mol. The van der Waals surface area contributed by atoms with Gasteiger partial charge in [-0.15, -0.1) is 0 Å². The van der Waals surface area contributed by atoms with Gasteiger partial charge in [-0.1, -0.05) is 47.7 Å². The molecule has 1 amide bonds. The van der Waals surface area contributed by atoms with Crippen molar-refractivity contribution in [3.8, 4) is 11.5 Å². The van der Waals surface area contributed by atoms with Crippen LogP contribution in [0.2, 0.25) is 0 Å². The van der Waals surface area contributed by atoms with Crippen molar-refractivity contribution in [2.24, 2.45) is 0 Å². The Morgan fingerprint density at radius 3 is 2.75 bits per heavy atom. The van der Waals surface area contributed by atoms with Gasteiger partial charge in [0.15, 0.2) is 16.7 Å². The van der Waals surface area contributed by atoms with Gasteiger partial charge in [-0.2, -0.15) is 0 Å². The Morgan fingerprint density at radius 1 is 1.16 bits per heavy atom. The Hall–Kier alpha value is -3.26. The monoisotopic (exact) mass is 451 g/mol. The highest BCUT2D eigenvalue weighted by molar-refractivity contribution is 7.98. The molecule has 0 saturated heterocycles. The highest BCUT2D eigenvalue weighted by atomic mass is 32.2. The first-order valence-corrected chi connectivity index (χ1v) is 11.4. The molecule has 7 nitrogen and oxygen atoms in total. The molecular formula is C24H25N3O4S. The quantitative estimate of drug-likeness (QED) is 0.412. The van der Waals surface area contributed by atoms with E-state index in [0.717, 1.165) is 11.1 Å². The Bertz CT molecular complexity index is 1210. The Balaban J connectivity index is 1.65. The number of carbonyl (C=O) groups excluding carboxylic acids is 1. The van der Waals surface area contributed by atoms with Gasteiger partial charge in [-0.3, -0.25) is 9.59 Å². The van der Waals surface area contributed by atoms with Crippen molar-refractivity contribution >= 4 is 23.5 Å². The molecule has 0 saturated carbocycles. The summed E-state index contributed by atoms with van der Waals surface area (Å²) >= 11 is 1.43. The van der Waals surface area contributed by atoms with Crippen molar-refractivity contribution in [2.75, 3.05) is 19.0 Å². The maximum absolute atomic E-state index is 13.0. The summed E-state index contributed by atoms with van der Waals surface area (Å²) in [5.41, 5.74) is 3.32. The van der Waals surface area contributed by atoms with Crippen molar-refractivity contribution in [1.29, 1.82) is 0 Å². The largest absolute Gasteiger partial charge is 0.493 e. The van der Waals surface area contributed by atoms with Gasteiger partial charge in [-0.25, -0.2) is 4.98 Å². The van der Waals surface area contributed by atoms with E-state index in [1.807, 2.05) is 44.2 Å². The second kappa shape index (κ2) is 9.48. The van der Waals surface area contributed by atoms with Crippen molar-refractivity contribution in [1.82, 2.24) is 9.97 Å². The molecule has 4 rings (SSSR count). The zero-order valence-electron chi connectivity index (χ0n) is 18.2. The first kappa shape index (κ1) is 22.0. The summed E-state index contributed by atoms with van der Waals surface area (Å²) in [5.74, 6) is 1.56. The number of H-pyrrole nitrogens is 1. The van der Waals surface area contributed by atoms with Crippen molar-refractivity contribution in [3.63, 3.8) is 0 Å². The number of anilines is 1. The van der Waals surface area contributed by atoms with E-state index < -0.39 is 5.92 Å². The summed E-state index contributed by atoms with van der Waals surface area (Å²) in [7, 11) is 1.56. The van der Waals surface area contributed by atoms with E-state index in [9.17, 15) is 9.59 Å². The molecule has 3 aromatic rings. The van der Waals surface area contributed by atoms with Gasteiger partial charge in [0.05, 0.1) is 19.3 Å². The molecule has 1 aliphatic heterocycles. The molecule has 0 radical (unpaired) electrons. The summed E-state index contributed by atoms with van der Waals surface area (Å²) < 4.78 is 11.0. The van der Waals surface area contributed by atoms with Crippen LogP contribution in [0.25, 0.3) is 0 Å². The fourth-order valence-electron chi connectivity index (χ4n) is 3.83. The number of amides is 1. The summed E-state index contributed by atoms with van der Waals surface area (Å²) in [6.45, 7) is 4.45. The number of benzene rings is 2. The Morgan fingerprint density at radius 2 is 2.00 bits per heavy atom. The number of aryl methyl sites for hydroxylation is 1. The van der Waals surface area contributed by atoms with Crippen LogP contribution < -0.4 is 20.3 Å². The third-order valence-corrected chi connectivity index (χ3v) is 6.22. The molecule has 1 aromatic heterocycles. The zero-order chi connectivity index (χ0) is 22.7. The maximum Gasteiger partial charge on any atom is 0.257 e. The average Bonchev–Trinajstić information content (AvgIpc) is 2.77. The fourth-order valence-corrected chi connectivity index (χ4v) is 4.64. The molecule has 8 heteroatoms. The van der Waals surface area contributed by atoms with Crippen molar-refractivity contribution < 1.29 is 14.3 Å². The second-order valence-corrected chi connectivity index (χ2v) is 8.52. The summed E-state index contributed by atoms with van der Waals surface area (Å²) in [4.78, 5) is 32.9. The number of hydrogen-bond acceptors (Lipinski definition) is 6. The first-order chi connectivity index (χ1) is 15.5. The van der Waals surface area contributed by atoms with Crippen LogP contribution in [0, 0.1) is 6.92 Å². The molecule has 32 heavy (non-hydrogen) atoms. The average molecular weight is 452 g/mol. The van der Waals surface area contributed by atoms with Gasteiger partial charge in [0.25, 0.3) is 5.56 Å². The number of thioether (sulfide) groups is 1. The molecule has 2 heterocycles. The van der Waals surface area contributed by atoms with Crippen LogP contribution in [-0.2, 0) is 10.5 Å². The van der Waals surface area contributed by atoms with Crippen molar-refractivity contribution in [2.45, 2.75) is 37.1 Å². The van der Waals surface area contributed by atoms with Crippen LogP contribution in [0.5, 0.6) is 11.5 Å². The Kier molecular flexibility index (Phi) is 6.50. The molecule has 0 unspecified atom stereocenters. The highest BCUT2D eigenvalue weighted by Gasteiger charge is 2.31. The molecule has 0 spiro atoms. The van der Waals surface area contributed by atoms with Gasteiger partial charge < -0.3 is 19.8 Å². The highest BCUT2D eigenvalue weighted by Crippen LogP contribution is 2.38. The predicted octanol–water partition coefficient (Wildman–Crippen LogP) is 4.25. The van der Waals surface area contributed by atoms with E-state index in [2.05, 4.69) is 21.4 Å².